The van der Waals surface area contributed by atoms with E-state index < -0.39 is 0 Å². The van der Waals surface area contributed by atoms with Gasteiger partial charge in [-0.3, -0.25) is 4.79 Å². The predicted octanol–water partition coefficient (Wildman–Crippen LogP) is -0.480. The highest BCUT2D eigenvalue weighted by molar-refractivity contribution is 5.92. The number of aromatic nitrogens is 2. The van der Waals surface area contributed by atoms with E-state index in [9.17, 15) is 4.79 Å². The summed E-state index contributed by atoms with van der Waals surface area (Å²) in [4.78, 5) is 17.5. The molecule has 1 aromatic rings. The van der Waals surface area contributed by atoms with Crippen LogP contribution in [0.25, 0.3) is 0 Å². The molecule has 1 heterocycles. The number of hydrogen-bond acceptors (Lipinski definition) is 3. The first-order chi connectivity index (χ1) is 5.74. The molecule has 0 bridgehead atoms. The van der Waals surface area contributed by atoms with Crippen molar-refractivity contribution in [1.29, 1.82) is 0 Å². The Bertz CT molecular complexity index is 245. The second-order valence-corrected chi connectivity index (χ2v) is 2.52. The van der Waals surface area contributed by atoms with Crippen LogP contribution in [0.3, 0.4) is 0 Å². The van der Waals surface area contributed by atoms with Crippen LogP contribution >= 0.6 is 0 Å². The number of H-pyrrole nitrogens is 1. The van der Waals surface area contributed by atoms with Crippen molar-refractivity contribution >= 4 is 5.91 Å². The number of rotatable bonds is 3. The van der Waals surface area contributed by atoms with Crippen molar-refractivity contribution in [3.63, 3.8) is 0 Å². The molecule has 1 amide bonds. The summed E-state index contributed by atoms with van der Waals surface area (Å²) in [5.41, 5.74) is 0.398. The van der Waals surface area contributed by atoms with E-state index in [0.717, 1.165) is 0 Å². The van der Waals surface area contributed by atoms with Crippen molar-refractivity contribution in [2.24, 2.45) is 0 Å². The molecule has 12 heavy (non-hydrogen) atoms. The standard InChI is InChI=1S/C7H11N3O2/c1-5(3-11)10-7(12)6-2-8-4-9-6/h2,4-5,11H,3H2,1H3,(H,8,9)(H,10,12)/t5-/m0/s1. The number of nitrogens with zero attached hydrogens (tertiary/aromatic N) is 1. The van der Waals surface area contributed by atoms with Gasteiger partial charge in [-0.2, -0.15) is 0 Å². The molecule has 0 aromatic carbocycles. The molecular weight excluding hydrogens is 158 g/mol. The van der Waals surface area contributed by atoms with E-state index in [1.807, 2.05) is 0 Å². The minimum absolute atomic E-state index is 0.0696. The number of nitrogens with one attached hydrogen (secondary N) is 2. The van der Waals surface area contributed by atoms with E-state index in [2.05, 4.69) is 15.3 Å². The predicted molar refractivity (Wildman–Crippen MR) is 42.6 cm³/mol. The zero-order valence-corrected chi connectivity index (χ0v) is 6.74. The Morgan fingerprint density at radius 1 is 1.92 bits per heavy atom. The number of amides is 1. The van der Waals surface area contributed by atoms with Crippen molar-refractivity contribution in [2.75, 3.05) is 6.61 Å². The van der Waals surface area contributed by atoms with Crippen LogP contribution in [-0.2, 0) is 0 Å². The first-order valence-electron chi connectivity index (χ1n) is 3.64. The number of imidazole rings is 1. The first kappa shape index (κ1) is 8.73. The van der Waals surface area contributed by atoms with Gasteiger partial charge in [0.25, 0.3) is 5.91 Å². The van der Waals surface area contributed by atoms with Crippen molar-refractivity contribution in [3.05, 3.63) is 18.2 Å². The molecule has 1 atom stereocenters. The van der Waals surface area contributed by atoms with Gasteiger partial charge in [0.2, 0.25) is 0 Å². The van der Waals surface area contributed by atoms with Gasteiger partial charge >= 0.3 is 0 Å². The zero-order chi connectivity index (χ0) is 8.97. The highest BCUT2D eigenvalue weighted by atomic mass is 16.3. The fourth-order valence-corrected chi connectivity index (χ4v) is 0.727. The largest absolute Gasteiger partial charge is 0.394 e. The molecule has 0 aliphatic rings. The van der Waals surface area contributed by atoms with E-state index in [4.69, 9.17) is 5.11 Å². The van der Waals surface area contributed by atoms with Gasteiger partial charge in [-0.05, 0) is 6.92 Å². The van der Waals surface area contributed by atoms with E-state index >= 15 is 0 Å². The van der Waals surface area contributed by atoms with Gasteiger partial charge in [0.1, 0.15) is 5.69 Å². The maximum absolute atomic E-state index is 11.2. The lowest BCUT2D eigenvalue weighted by Crippen LogP contribution is -2.35. The zero-order valence-electron chi connectivity index (χ0n) is 6.74. The Labute approximate surface area is 69.8 Å². The molecule has 1 rings (SSSR count). The molecule has 66 valence electrons. The van der Waals surface area contributed by atoms with Crippen LogP contribution in [0.4, 0.5) is 0 Å². The maximum atomic E-state index is 11.2. The lowest BCUT2D eigenvalue weighted by molar-refractivity contribution is 0.0918. The molecule has 0 aliphatic carbocycles. The molecule has 0 radical (unpaired) electrons. The smallest absolute Gasteiger partial charge is 0.269 e. The molecule has 5 heteroatoms. The fourth-order valence-electron chi connectivity index (χ4n) is 0.727. The molecular formula is C7H11N3O2. The van der Waals surface area contributed by atoms with Gasteiger partial charge in [0, 0.05) is 6.04 Å². The number of hydrogen-bond donors (Lipinski definition) is 3. The van der Waals surface area contributed by atoms with Gasteiger partial charge in [0.15, 0.2) is 0 Å². The minimum Gasteiger partial charge on any atom is -0.394 e. The molecule has 1 aromatic heterocycles. The Balaban J connectivity index is 2.50. The molecule has 0 aliphatic heterocycles. The lowest BCUT2D eigenvalue weighted by atomic mass is 10.3. The molecule has 0 fully saturated rings. The average molecular weight is 169 g/mol. The molecule has 0 saturated heterocycles. The third kappa shape index (κ3) is 2.06. The highest BCUT2D eigenvalue weighted by Crippen LogP contribution is 1.91. The van der Waals surface area contributed by atoms with Crippen molar-refractivity contribution in [3.8, 4) is 0 Å². The average Bonchev–Trinajstić information content (AvgIpc) is 2.56. The summed E-state index contributed by atoms with van der Waals surface area (Å²) in [5.74, 6) is -0.256. The summed E-state index contributed by atoms with van der Waals surface area (Å²) in [5, 5.41) is 11.2. The number of carbonyl (C=O) groups excluding carboxylic acids is 1. The van der Waals surface area contributed by atoms with Crippen LogP contribution in [0.2, 0.25) is 0 Å². The third-order valence-corrected chi connectivity index (χ3v) is 1.39. The van der Waals surface area contributed by atoms with Gasteiger partial charge in [-0.1, -0.05) is 0 Å². The summed E-state index contributed by atoms with van der Waals surface area (Å²) in [6.07, 6.45) is 2.86. The summed E-state index contributed by atoms with van der Waals surface area (Å²) in [7, 11) is 0. The quantitative estimate of drug-likeness (QED) is 0.572. The monoisotopic (exact) mass is 169 g/mol. The second-order valence-electron chi connectivity index (χ2n) is 2.52. The molecule has 0 saturated carbocycles. The van der Waals surface area contributed by atoms with Crippen molar-refractivity contribution in [1.82, 2.24) is 15.3 Å². The topological polar surface area (TPSA) is 78.0 Å². The van der Waals surface area contributed by atoms with Gasteiger partial charge in [-0.15, -0.1) is 0 Å². The molecule has 0 unspecified atom stereocenters. The Morgan fingerprint density at radius 2 is 2.67 bits per heavy atom. The van der Waals surface area contributed by atoms with E-state index in [-0.39, 0.29) is 18.6 Å². The van der Waals surface area contributed by atoms with Crippen LogP contribution in [0.15, 0.2) is 12.5 Å². The van der Waals surface area contributed by atoms with Gasteiger partial charge in [-0.25, -0.2) is 4.98 Å². The Morgan fingerprint density at radius 3 is 3.17 bits per heavy atom. The summed E-state index contributed by atoms with van der Waals surface area (Å²) in [6.45, 7) is 1.65. The Kier molecular flexibility index (Phi) is 2.82. The normalized spacial score (nSPS) is 12.5. The van der Waals surface area contributed by atoms with Crippen LogP contribution < -0.4 is 5.32 Å². The van der Waals surface area contributed by atoms with Crippen molar-refractivity contribution < 1.29 is 9.90 Å². The van der Waals surface area contributed by atoms with Crippen LogP contribution in [0, 0.1) is 0 Å². The van der Waals surface area contributed by atoms with E-state index in [1.165, 1.54) is 12.5 Å². The number of aromatic amines is 1. The van der Waals surface area contributed by atoms with Crippen LogP contribution in [0.5, 0.6) is 0 Å². The fraction of sp³-hybridized carbons (Fsp3) is 0.429. The summed E-state index contributed by atoms with van der Waals surface area (Å²) >= 11 is 0. The Hall–Kier alpha value is -1.36. The maximum Gasteiger partial charge on any atom is 0.269 e. The molecule has 0 spiro atoms. The van der Waals surface area contributed by atoms with Crippen LogP contribution in [0.1, 0.15) is 17.4 Å². The third-order valence-electron chi connectivity index (χ3n) is 1.39. The lowest BCUT2D eigenvalue weighted by Gasteiger charge is -2.08. The molecule has 3 N–H and O–H groups in total. The van der Waals surface area contributed by atoms with Gasteiger partial charge < -0.3 is 15.4 Å². The number of aliphatic hydroxyl groups excluding tert-OH is 1. The van der Waals surface area contributed by atoms with Gasteiger partial charge in [0.05, 0.1) is 19.1 Å². The number of carbonyl (C=O) groups is 1. The summed E-state index contributed by atoms with van der Waals surface area (Å²) < 4.78 is 0. The summed E-state index contributed by atoms with van der Waals surface area (Å²) in [6, 6.07) is -0.235. The van der Waals surface area contributed by atoms with Crippen molar-refractivity contribution in [2.45, 2.75) is 13.0 Å². The highest BCUT2D eigenvalue weighted by Gasteiger charge is 2.08. The SMILES string of the molecule is C[C@@H](CO)NC(=O)c1cnc[nH]1. The first-order valence-corrected chi connectivity index (χ1v) is 3.64. The van der Waals surface area contributed by atoms with E-state index in [1.54, 1.807) is 6.92 Å². The molecule has 5 nitrogen and oxygen atoms in total. The number of aliphatic hydroxyl groups is 1. The van der Waals surface area contributed by atoms with E-state index in [0.29, 0.717) is 5.69 Å². The minimum atomic E-state index is -0.256. The van der Waals surface area contributed by atoms with Crippen LogP contribution in [-0.4, -0.2) is 33.6 Å². The second kappa shape index (κ2) is 3.87.